The topological polar surface area (TPSA) is 82.5 Å². The molecular weight excluding hydrogens is 295 g/mol. The van der Waals surface area contributed by atoms with Gasteiger partial charge in [-0.25, -0.2) is 19.6 Å². The zero-order valence-corrected chi connectivity index (χ0v) is 9.29. The molecule has 2 aromatic rings. The van der Waals surface area contributed by atoms with Gasteiger partial charge in [0.1, 0.15) is 12.7 Å². The van der Waals surface area contributed by atoms with Crippen LogP contribution in [0.4, 0.5) is 0 Å². The second-order valence-corrected chi connectivity index (χ2v) is 3.67. The minimum Gasteiger partial charge on any atom is -0.324 e. The fraction of sp³-hybridized carbons (Fsp3) is 0.143. The first-order valence-electron chi connectivity index (χ1n) is 3.87. The van der Waals surface area contributed by atoms with Crippen LogP contribution in [0.1, 0.15) is 5.82 Å². The van der Waals surface area contributed by atoms with Gasteiger partial charge in [-0.1, -0.05) is 0 Å². The summed E-state index contributed by atoms with van der Waals surface area (Å²) in [6.07, 6.45) is 4.78. The average molecular weight is 302 g/mol. The number of rotatable bonds is 2. The highest BCUT2D eigenvalue weighted by Gasteiger charge is 2.05. The van der Waals surface area contributed by atoms with Gasteiger partial charge in [-0.3, -0.25) is 0 Å². The van der Waals surface area contributed by atoms with Gasteiger partial charge in [0.15, 0.2) is 11.6 Å². The molecule has 0 atom stereocenters. The number of aromatic nitrogens is 5. The van der Waals surface area contributed by atoms with E-state index in [1.165, 1.54) is 6.33 Å². The predicted molar refractivity (Wildman–Crippen MR) is 57.6 cm³/mol. The summed E-state index contributed by atoms with van der Waals surface area (Å²) in [4.78, 5) is 12.0. The molecule has 0 unspecified atom stereocenters. The summed E-state index contributed by atoms with van der Waals surface area (Å²) in [6, 6.07) is 0. The Morgan fingerprint density at radius 3 is 2.93 bits per heavy atom. The minimum absolute atomic E-state index is 0.328. The van der Waals surface area contributed by atoms with Crippen LogP contribution in [-0.2, 0) is 6.54 Å². The third-order valence-corrected chi connectivity index (χ3v) is 2.35. The van der Waals surface area contributed by atoms with Crippen LogP contribution in [0.5, 0.6) is 0 Å². The Balaban J connectivity index is 2.44. The molecule has 0 amide bonds. The molecule has 0 saturated heterocycles. The van der Waals surface area contributed by atoms with Gasteiger partial charge in [-0.05, 0) is 22.6 Å². The molecule has 2 rings (SSSR count). The van der Waals surface area contributed by atoms with E-state index >= 15 is 0 Å². The number of halogens is 1. The molecule has 0 fully saturated rings. The van der Waals surface area contributed by atoms with Gasteiger partial charge in [-0.15, -0.1) is 5.10 Å². The summed E-state index contributed by atoms with van der Waals surface area (Å²) in [5.74, 6) is 1.31. The quantitative estimate of drug-likeness (QED) is 0.797. The van der Waals surface area contributed by atoms with Crippen LogP contribution in [0.15, 0.2) is 18.9 Å². The van der Waals surface area contributed by atoms with Gasteiger partial charge in [0.2, 0.25) is 0 Å². The van der Waals surface area contributed by atoms with E-state index in [1.54, 1.807) is 17.2 Å². The molecule has 2 heterocycles. The molecule has 2 N–H and O–H groups in total. The van der Waals surface area contributed by atoms with E-state index in [4.69, 9.17) is 5.73 Å². The molecule has 0 aliphatic carbocycles. The first kappa shape index (κ1) is 9.46. The third-order valence-electron chi connectivity index (χ3n) is 1.59. The fourth-order valence-electron chi connectivity index (χ4n) is 0.968. The third kappa shape index (κ3) is 1.73. The van der Waals surface area contributed by atoms with Crippen molar-refractivity contribution in [2.24, 2.45) is 5.73 Å². The van der Waals surface area contributed by atoms with Gasteiger partial charge < -0.3 is 5.73 Å². The number of hydrogen-bond acceptors (Lipinski definition) is 5. The van der Waals surface area contributed by atoms with Gasteiger partial charge >= 0.3 is 0 Å². The molecule has 0 aliphatic rings. The van der Waals surface area contributed by atoms with Crippen molar-refractivity contribution >= 4 is 22.6 Å². The van der Waals surface area contributed by atoms with Crippen LogP contribution in [0.25, 0.3) is 5.82 Å². The van der Waals surface area contributed by atoms with E-state index in [-0.39, 0.29) is 0 Å². The van der Waals surface area contributed by atoms with Crippen molar-refractivity contribution in [3.63, 3.8) is 0 Å². The summed E-state index contributed by atoms with van der Waals surface area (Å²) >= 11 is 2.14. The standard InChI is InChI=1S/C7H7IN6/c8-5-2-10-3-11-7(5)14-4-12-6(1-9)13-14/h2-4H,1,9H2. The fourth-order valence-corrected chi connectivity index (χ4v) is 1.51. The van der Waals surface area contributed by atoms with Crippen LogP contribution in [-0.4, -0.2) is 24.7 Å². The molecule has 0 saturated carbocycles. The molecular formula is C7H7IN6. The van der Waals surface area contributed by atoms with Gasteiger partial charge in [0, 0.05) is 6.20 Å². The zero-order valence-electron chi connectivity index (χ0n) is 7.13. The van der Waals surface area contributed by atoms with Gasteiger partial charge in [0.05, 0.1) is 10.1 Å². The molecule has 0 spiro atoms. The van der Waals surface area contributed by atoms with Crippen LogP contribution < -0.4 is 5.73 Å². The Labute approximate surface area is 93.7 Å². The summed E-state index contributed by atoms with van der Waals surface area (Å²) in [5.41, 5.74) is 5.41. The molecule has 2 aromatic heterocycles. The summed E-state index contributed by atoms with van der Waals surface area (Å²) in [7, 11) is 0. The molecule has 0 radical (unpaired) electrons. The van der Waals surface area contributed by atoms with E-state index in [1.807, 2.05) is 0 Å². The van der Waals surface area contributed by atoms with Crippen molar-refractivity contribution in [3.05, 3.63) is 28.2 Å². The lowest BCUT2D eigenvalue weighted by molar-refractivity contribution is 0.799. The lowest BCUT2D eigenvalue weighted by Gasteiger charge is -1.99. The molecule has 72 valence electrons. The van der Waals surface area contributed by atoms with Crippen LogP contribution >= 0.6 is 22.6 Å². The molecule has 0 aromatic carbocycles. The lowest BCUT2D eigenvalue weighted by Crippen LogP contribution is -2.04. The lowest BCUT2D eigenvalue weighted by atomic mass is 10.6. The number of nitrogens with two attached hydrogens (primary N) is 1. The normalized spacial score (nSPS) is 10.4. The number of nitrogens with zero attached hydrogens (tertiary/aromatic N) is 5. The van der Waals surface area contributed by atoms with Crippen LogP contribution in [0.2, 0.25) is 0 Å². The Kier molecular flexibility index (Phi) is 2.68. The van der Waals surface area contributed by atoms with Crippen LogP contribution in [0.3, 0.4) is 0 Å². The molecule has 14 heavy (non-hydrogen) atoms. The largest absolute Gasteiger partial charge is 0.324 e. The van der Waals surface area contributed by atoms with Crippen molar-refractivity contribution in [3.8, 4) is 5.82 Å². The molecule has 0 aliphatic heterocycles. The van der Waals surface area contributed by atoms with Crippen molar-refractivity contribution in [2.75, 3.05) is 0 Å². The Morgan fingerprint density at radius 2 is 2.29 bits per heavy atom. The highest BCUT2D eigenvalue weighted by atomic mass is 127. The smallest absolute Gasteiger partial charge is 0.171 e. The predicted octanol–water partition coefficient (Wildman–Crippen LogP) is 0.121. The van der Waals surface area contributed by atoms with E-state index in [0.717, 1.165) is 3.57 Å². The zero-order chi connectivity index (χ0) is 9.97. The highest BCUT2D eigenvalue weighted by molar-refractivity contribution is 14.1. The van der Waals surface area contributed by atoms with E-state index in [0.29, 0.717) is 18.2 Å². The van der Waals surface area contributed by atoms with Crippen molar-refractivity contribution in [2.45, 2.75) is 6.54 Å². The average Bonchev–Trinajstić information content (AvgIpc) is 2.67. The first-order chi connectivity index (χ1) is 6.81. The highest BCUT2D eigenvalue weighted by Crippen LogP contribution is 2.10. The maximum atomic E-state index is 5.41. The Hall–Kier alpha value is -1.09. The maximum Gasteiger partial charge on any atom is 0.171 e. The maximum absolute atomic E-state index is 5.41. The summed E-state index contributed by atoms with van der Waals surface area (Å²) in [5, 5.41) is 4.15. The SMILES string of the molecule is NCc1ncn(-c2ncncc2I)n1. The van der Waals surface area contributed by atoms with E-state index in [9.17, 15) is 0 Å². The van der Waals surface area contributed by atoms with E-state index < -0.39 is 0 Å². The van der Waals surface area contributed by atoms with Gasteiger partial charge in [0.25, 0.3) is 0 Å². The van der Waals surface area contributed by atoms with Crippen molar-refractivity contribution in [1.29, 1.82) is 0 Å². The minimum atomic E-state index is 0.328. The summed E-state index contributed by atoms with van der Waals surface area (Å²) < 4.78 is 2.50. The van der Waals surface area contributed by atoms with Crippen LogP contribution in [0, 0.1) is 3.57 Å². The Morgan fingerprint density at radius 1 is 1.43 bits per heavy atom. The number of hydrogen-bond donors (Lipinski definition) is 1. The van der Waals surface area contributed by atoms with Crippen molar-refractivity contribution in [1.82, 2.24) is 24.7 Å². The monoisotopic (exact) mass is 302 g/mol. The summed E-state index contributed by atoms with van der Waals surface area (Å²) in [6.45, 7) is 0.328. The second kappa shape index (κ2) is 3.96. The molecule has 0 bridgehead atoms. The molecule has 7 heteroatoms. The second-order valence-electron chi connectivity index (χ2n) is 2.50. The van der Waals surface area contributed by atoms with Crippen molar-refractivity contribution < 1.29 is 0 Å². The molecule has 6 nitrogen and oxygen atoms in total. The Bertz CT molecular complexity index is 439. The van der Waals surface area contributed by atoms with E-state index in [2.05, 4.69) is 42.6 Å². The van der Waals surface area contributed by atoms with Gasteiger partial charge in [-0.2, -0.15) is 0 Å². The first-order valence-corrected chi connectivity index (χ1v) is 4.95.